The number of benzene rings is 1. The smallest absolute Gasteiger partial charge is 0.317 e. The van der Waals surface area contributed by atoms with E-state index in [-0.39, 0.29) is 18.6 Å². The maximum absolute atomic E-state index is 12.4. The van der Waals surface area contributed by atoms with Crippen LogP contribution < -0.4 is 10.1 Å². The van der Waals surface area contributed by atoms with Gasteiger partial charge in [0.15, 0.2) is 0 Å². The Morgan fingerprint density at radius 2 is 1.93 bits per heavy atom. The number of para-hydroxylation sites is 1. The largest absolute Gasteiger partial charge is 0.496 e. The topological polar surface area (TPSA) is 82.1 Å². The summed E-state index contributed by atoms with van der Waals surface area (Å²) in [6, 6.07) is 7.66. The Morgan fingerprint density at radius 3 is 2.56 bits per heavy atom. The van der Waals surface area contributed by atoms with Gasteiger partial charge in [0.05, 0.1) is 19.1 Å². The molecule has 2 amide bonds. The summed E-state index contributed by atoms with van der Waals surface area (Å²) in [6.07, 6.45) is 3.53. The number of likely N-dealkylation sites (tertiary alicyclic amines) is 1. The minimum atomic E-state index is -0.908. The maximum atomic E-state index is 12.4. The summed E-state index contributed by atoms with van der Waals surface area (Å²) < 4.78 is 5.54. The molecule has 0 saturated carbocycles. The van der Waals surface area contributed by atoms with Gasteiger partial charge in [0, 0.05) is 25.7 Å². The Bertz CT molecular complexity index is 631. The van der Waals surface area contributed by atoms with Crippen LogP contribution in [0.5, 0.6) is 5.75 Å². The highest BCUT2D eigenvalue weighted by Crippen LogP contribution is 2.30. The number of rotatable bonds is 8. The molecule has 2 atom stereocenters. The third-order valence-electron chi connectivity index (χ3n) is 5.09. The molecule has 1 aromatic rings. The van der Waals surface area contributed by atoms with Gasteiger partial charge in [-0.25, -0.2) is 4.79 Å². The molecule has 7 heteroatoms. The highest BCUT2D eigenvalue weighted by Gasteiger charge is 2.26. The van der Waals surface area contributed by atoms with Crippen molar-refractivity contribution >= 4 is 12.0 Å². The van der Waals surface area contributed by atoms with Gasteiger partial charge in [-0.2, -0.15) is 0 Å². The van der Waals surface area contributed by atoms with E-state index in [0.717, 1.165) is 37.2 Å². The zero-order valence-electron chi connectivity index (χ0n) is 16.5. The second kappa shape index (κ2) is 10.2. The summed E-state index contributed by atoms with van der Waals surface area (Å²) in [6.45, 7) is 4.20. The summed E-state index contributed by atoms with van der Waals surface area (Å²) in [5.41, 5.74) is 1.06. The molecule has 0 radical (unpaired) electrons. The van der Waals surface area contributed by atoms with Crippen LogP contribution in [0, 0.1) is 5.92 Å². The van der Waals surface area contributed by atoms with E-state index in [1.807, 2.05) is 24.3 Å². The van der Waals surface area contributed by atoms with Crippen molar-refractivity contribution in [3.05, 3.63) is 29.8 Å². The van der Waals surface area contributed by atoms with Gasteiger partial charge in [-0.1, -0.05) is 31.5 Å². The fourth-order valence-electron chi connectivity index (χ4n) is 3.50. The Balaban J connectivity index is 2.08. The normalized spacial score (nSPS) is 17.0. The van der Waals surface area contributed by atoms with Crippen molar-refractivity contribution < 1.29 is 19.4 Å². The maximum Gasteiger partial charge on any atom is 0.317 e. The lowest BCUT2D eigenvalue weighted by Crippen LogP contribution is -2.45. The standard InChI is InChI=1S/C20H31N3O4/c1-15(19(24)25)14-22(2)20(26)21-13-17(23-11-7-4-8-12-23)16-9-5-6-10-18(16)27-3/h5-6,9-10,15,17H,4,7-8,11-14H2,1-3H3,(H,21,26)(H,24,25). The zero-order chi connectivity index (χ0) is 19.8. The van der Waals surface area contributed by atoms with Crippen LogP contribution >= 0.6 is 0 Å². The number of nitrogens with one attached hydrogen (secondary N) is 1. The Hall–Kier alpha value is -2.28. The number of carbonyl (C=O) groups excluding carboxylic acids is 1. The lowest BCUT2D eigenvalue weighted by atomic mass is 10.0. The van der Waals surface area contributed by atoms with Crippen molar-refractivity contribution in [2.75, 3.05) is 40.3 Å². The first-order valence-electron chi connectivity index (χ1n) is 9.52. The van der Waals surface area contributed by atoms with Crippen LogP contribution in [-0.2, 0) is 4.79 Å². The van der Waals surface area contributed by atoms with Crippen LogP contribution in [0.2, 0.25) is 0 Å². The summed E-state index contributed by atoms with van der Waals surface area (Å²) >= 11 is 0. The Labute approximate surface area is 161 Å². The lowest BCUT2D eigenvalue weighted by Gasteiger charge is -2.36. The van der Waals surface area contributed by atoms with Gasteiger partial charge in [-0.15, -0.1) is 0 Å². The van der Waals surface area contributed by atoms with Crippen molar-refractivity contribution in [3.63, 3.8) is 0 Å². The third-order valence-corrected chi connectivity index (χ3v) is 5.09. The van der Waals surface area contributed by atoms with Crippen LogP contribution in [0.1, 0.15) is 37.8 Å². The first kappa shape index (κ1) is 21.0. The molecule has 1 fully saturated rings. The number of ether oxygens (including phenoxy) is 1. The van der Waals surface area contributed by atoms with E-state index in [1.54, 1.807) is 21.1 Å². The molecule has 7 nitrogen and oxygen atoms in total. The summed E-state index contributed by atoms with van der Waals surface area (Å²) in [5.74, 6) is -0.696. The van der Waals surface area contributed by atoms with Crippen molar-refractivity contribution in [1.29, 1.82) is 0 Å². The number of amides is 2. The molecular formula is C20H31N3O4. The minimum absolute atomic E-state index is 0.0238. The van der Waals surface area contributed by atoms with Crippen LogP contribution in [0.3, 0.4) is 0 Å². The fourth-order valence-corrected chi connectivity index (χ4v) is 3.50. The van der Waals surface area contributed by atoms with E-state index >= 15 is 0 Å². The number of nitrogens with zero attached hydrogens (tertiary/aromatic N) is 2. The first-order valence-corrected chi connectivity index (χ1v) is 9.52. The van der Waals surface area contributed by atoms with E-state index in [2.05, 4.69) is 10.2 Å². The molecule has 1 aromatic carbocycles. The zero-order valence-corrected chi connectivity index (χ0v) is 16.5. The van der Waals surface area contributed by atoms with Crippen LogP contribution in [0.15, 0.2) is 24.3 Å². The number of aliphatic carboxylic acids is 1. The minimum Gasteiger partial charge on any atom is -0.496 e. The third kappa shape index (κ3) is 5.85. The number of hydrogen-bond donors (Lipinski definition) is 2. The van der Waals surface area contributed by atoms with Crippen molar-refractivity contribution in [1.82, 2.24) is 15.1 Å². The molecule has 2 rings (SSSR count). The molecule has 0 spiro atoms. The highest BCUT2D eigenvalue weighted by molar-refractivity contribution is 5.75. The average molecular weight is 377 g/mol. The predicted molar refractivity (Wildman–Crippen MR) is 104 cm³/mol. The summed E-state index contributed by atoms with van der Waals surface area (Å²) in [5, 5.41) is 12.0. The van der Waals surface area contributed by atoms with Gasteiger partial charge < -0.3 is 20.1 Å². The van der Waals surface area contributed by atoms with Gasteiger partial charge in [-0.3, -0.25) is 9.69 Å². The molecule has 150 valence electrons. The molecule has 27 heavy (non-hydrogen) atoms. The molecule has 1 saturated heterocycles. The number of piperidine rings is 1. The molecule has 1 heterocycles. The molecule has 1 aliphatic rings. The number of carboxylic acids is 1. The lowest BCUT2D eigenvalue weighted by molar-refractivity contribution is -0.141. The second-order valence-electron chi connectivity index (χ2n) is 7.16. The number of methoxy groups -OCH3 is 1. The predicted octanol–water partition coefficient (Wildman–Crippen LogP) is 2.58. The number of urea groups is 1. The molecule has 0 aliphatic carbocycles. The average Bonchev–Trinajstić information content (AvgIpc) is 2.68. The SMILES string of the molecule is COc1ccccc1C(CNC(=O)N(C)CC(C)C(=O)O)N1CCCCC1. The van der Waals surface area contributed by atoms with Crippen molar-refractivity contribution in [2.45, 2.75) is 32.2 Å². The monoisotopic (exact) mass is 377 g/mol. The number of hydrogen-bond acceptors (Lipinski definition) is 4. The molecule has 0 aromatic heterocycles. The molecule has 1 aliphatic heterocycles. The van der Waals surface area contributed by atoms with E-state index in [4.69, 9.17) is 9.84 Å². The van der Waals surface area contributed by atoms with E-state index in [9.17, 15) is 9.59 Å². The van der Waals surface area contributed by atoms with Crippen molar-refractivity contribution in [2.24, 2.45) is 5.92 Å². The van der Waals surface area contributed by atoms with Gasteiger partial charge in [0.2, 0.25) is 0 Å². The second-order valence-corrected chi connectivity index (χ2v) is 7.16. The molecular weight excluding hydrogens is 346 g/mol. The Kier molecular flexibility index (Phi) is 7.91. The van der Waals surface area contributed by atoms with Crippen LogP contribution in [0.4, 0.5) is 4.79 Å². The van der Waals surface area contributed by atoms with Crippen LogP contribution in [0.25, 0.3) is 0 Å². The first-order chi connectivity index (χ1) is 12.9. The van der Waals surface area contributed by atoms with Crippen LogP contribution in [-0.4, -0.2) is 67.2 Å². The molecule has 2 N–H and O–H groups in total. The summed E-state index contributed by atoms with van der Waals surface area (Å²) in [4.78, 5) is 27.3. The van der Waals surface area contributed by atoms with Gasteiger partial charge in [0.1, 0.15) is 5.75 Å². The van der Waals surface area contributed by atoms with Gasteiger partial charge in [0.25, 0.3) is 0 Å². The quantitative estimate of drug-likeness (QED) is 0.728. The molecule has 0 bridgehead atoms. The number of carboxylic acid groups (broad SMARTS) is 1. The van der Waals surface area contributed by atoms with Crippen molar-refractivity contribution in [3.8, 4) is 5.75 Å². The molecule has 2 unspecified atom stereocenters. The van der Waals surface area contributed by atoms with Gasteiger partial charge in [-0.05, 0) is 32.0 Å². The Morgan fingerprint density at radius 1 is 1.26 bits per heavy atom. The van der Waals surface area contributed by atoms with E-state index in [0.29, 0.717) is 6.54 Å². The fraction of sp³-hybridized carbons (Fsp3) is 0.600. The highest BCUT2D eigenvalue weighted by atomic mass is 16.5. The summed E-state index contributed by atoms with van der Waals surface area (Å²) in [7, 11) is 3.28. The number of carbonyl (C=O) groups is 2. The van der Waals surface area contributed by atoms with E-state index < -0.39 is 11.9 Å². The van der Waals surface area contributed by atoms with Gasteiger partial charge >= 0.3 is 12.0 Å². The van der Waals surface area contributed by atoms with E-state index in [1.165, 1.54) is 11.3 Å².